The minimum Gasteiger partial charge on any atom is -0.370 e. The second kappa shape index (κ2) is 2.90. The van der Waals surface area contributed by atoms with Gasteiger partial charge in [-0.25, -0.2) is 0 Å². The van der Waals surface area contributed by atoms with Gasteiger partial charge in [0.05, 0.1) is 0 Å². The monoisotopic (exact) mass is 141 g/mol. The minimum atomic E-state index is 0.240. The highest BCUT2D eigenvalue weighted by Gasteiger charge is 2.22. The summed E-state index contributed by atoms with van der Waals surface area (Å²) in [5, 5.41) is 7.23. The van der Waals surface area contributed by atoms with Gasteiger partial charge in [0.25, 0.3) is 0 Å². The fourth-order valence-corrected chi connectivity index (χ4v) is 1.58. The molecule has 0 amide bonds. The smallest absolute Gasteiger partial charge is 0.188 e. The average Bonchev–Trinajstić information content (AvgIpc) is 2.33. The summed E-state index contributed by atoms with van der Waals surface area (Å²) < 4.78 is 0. The third kappa shape index (κ3) is 1.23. The fraction of sp³-hybridized carbons (Fsp3) is 0.857. The molecule has 3 heteroatoms. The van der Waals surface area contributed by atoms with Crippen molar-refractivity contribution < 1.29 is 0 Å². The van der Waals surface area contributed by atoms with E-state index < -0.39 is 0 Å². The topological polar surface area (TPSA) is 53.1 Å². The molecule has 0 aromatic rings. The van der Waals surface area contributed by atoms with Crippen molar-refractivity contribution in [3.8, 4) is 0 Å². The second-order valence-corrected chi connectivity index (χ2v) is 2.78. The molecule has 10 heavy (non-hydrogen) atoms. The van der Waals surface area contributed by atoms with Gasteiger partial charge in [0, 0.05) is 12.6 Å². The molecule has 58 valence electrons. The summed E-state index contributed by atoms with van der Waals surface area (Å²) in [6.45, 7) is 3.12. The van der Waals surface area contributed by atoms with Crippen molar-refractivity contribution in [2.75, 3.05) is 6.54 Å². The molecule has 0 spiro atoms. The maximum atomic E-state index is 7.23. The number of nitrogens with zero attached hydrogens (tertiary/aromatic N) is 1. The molecular weight excluding hydrogens is 126 g/mol. The highest BCUT2D eigenvalue weighted by Crippen LogP contribution is 2.18. The van der Waals surface area contributed by atoms with Crippen molar-refractivity contribution in [2.24, 2.45) is 5.73 Å². The van der Waals surface area contributed by atoms with Crippen LogP contribution in [0.2, 0.25) is 0 Å². The van der Waals surface area contributed by atoms with Crippen molar-refractivity contribution in [3.05, 3.63) is 0 Å². The molecule has 1 aliphatic rings. The first-order chi connectivity index (χ1) is 4.75. The third-order valence-corrected chi connectivity index (χ3v) is 2.16. The van der Waals surface area contributed by atoms with E-state index in [2.05, 4.69) is 6.92 Å². The Morgan fingerprint density at radius 1 is 1.80 bits per heavy atom. The van der Waals surface area contributed by atoms with Crippen LogP contribution in [-0.4, -0.2) is 23.4 Å². The molecule has 0 aliphatic carbocycles. The molecule has 1 aliphatic heterocycles. The molecule has 0 aromatic heterocycles. The number of nitrogens with two attached hydrogens (primary N) is 1. The van der Waals surface area contributed by atoms with E-state index in [9.17, 15) is 0 Å². The number of nitrogens with one attached hydrogen (secondary N) is 1. The third-order valence-electron chi connectivity index (χ3n) is 2.16. The number of hydrogen-bond donors (Lipinski definition) is 2. The van der Waals surface area contributed by atoms with Gasteiger partial charge in [0.2, 0.25) is 0 Å². The second-order valence-electron chi connectivity index (χ2n) is 2.78. The van der Waals surface area contributed by atoms with Gasteiger partial charge in [-0.05, 0) is 19.3 Å². The maximum absolute atomic E-state index is 7.23. The number of guanidine groups is 1. The maximum Gasteiger partial charge on any atom is 0.188 e. The minimum absolute atomic E-state index is 0.240. The van der Waals surface area contributed by atoms with Crippen molar-refractivity contribution in [1.29, 1.82) is 5.41 Å². The zero-order chi connectivity index (χ0) is 7.56. The van der Waals surface area contributed by atoms with E-state index in [-0.39, 0.29) is 5.96 Å². The lowest BCUT2D eigenvalue weighted by Crippen LogP contribution is -2.39. The van der Waals surface area contributed by atoms with Crippen LogP contribution >= 0.6 is 0 Å². The van der Waals surface area contributed by atoms with Gasteiger partial charge in [-0.1, -0.05) is 6.92 Å². The van der Waals surface area contributed by atoms with Gasteiger partial charge in [-0.3, -0.25) is 5.41 Å². The Hall–Kier alpha value is -0.730. The highest BCUT2D eigenvalue weighted by atomic mass is 15.3. The molecule has 0 aromatic carbocycles. The fourth-order valence-electron chi connectivity index (χ4n) is 1.58. The van der Waals surface area contributed by atoms with E-state index in [0.717, 1.165) is 13.0 Å². The van der Waals surface area contributed by atoms with Crippen LogP contribution in [0.25, 0.3) is 0 Å². The molecule has 0 saturated carbocycles. The summed E-state index contributed by atoms with van der Waals surface area (Å²) in [7, 11) is 0. The molecule has 1 atom stereocenters. The Morgan fingerprint density at radius 3 is 2.90 bits per heavy atom. The number of hydrogen-bond acceptors (Lipinski definition) is 1. The molecule has 0 bridgehead atoms. The lowest BCUT2D eigenvalue weighted by Gasteiger charge is -2.22. The Labute approximate surface area is 61.7 Å². The standard InChI is InChI=1S/C7H15N3/c1-2-6-4-3-5-10(6)7(8)9/h6H,2-5H2,1H3,(H3,8,9)/t6-/m0/s1. The summed E-state index contributed by atoms with van der Waals surface area (Å²) in [6.07, 6.45) is 3.51. The number of rotatable bonds is 1. The van der Waals surface area contributed by atoms with E-state index in [1.807, 2.05) is 4.90 Å². The molecule has 1 heterocycles. The lowest BCUT2D eigenvalue weighted by molar-refractivity contribution is 0.373. The summed E-state index contributed by atoms with van der Waals surface area (Å²) in [5.41, 5.74) is 5.37. The largest absolute Gasteiger partial charge is 0.370 e. The van der Waals surface area contributed by atoms with Crippen molar-refractivity contribution >= 4 is 5.96 Å². The van der Waals surface area contributed by atoms with E-state index in [1.54, 1.807) is 0 Å². The van der Waals surface area contributed by atoms with Gasteiger partial charge in [-0.2, -0.15) is 0 Å². The zero-order valence-electron chi connectivity index (χ0n) is 6.43. The quantitative estimate of drug-likeness (QED) is 0.418. The van der Waals surface area contributed by atoms with Crippen molar-refractivity contribution in [2.45, 2.75) is 32.2 Å². The van der Waals surface area contributed by atoms with Gasteiger partial charge in [0.15, 0.2) is 5.96 Å². The van der Waals surface area contributed by atoms with E-state index in [4.69, 9.17) is 11.1 Å². The predicted molar refractivity (Wildman–Crippen MR) is 41.9 cm³/mol. The predicted octanol–water partition coefficient (Wildman–Crippen LogP) is 0.754. The van der Waals surface area contributed by atoms with Crippen molar-refractivity contribution in [1.82, 2.24) is 4.90 Å². The first-order valence-electron chi connectivity index (χ1n) is 3.86. The Kier molecular flexibility index (Phi) is 2.14. The summed E-state index contributed by atoms with van der Waals surface area (Å²) in [6, 6.07) is 0.539. The van der Waals surface area contributed by atoms with Crippen LogP contribution in [0.4, 0.5) is 0 Å². The van der Waals surface area contributed by atoms with E-state index >= 15 is 0 Å². The summed E-state index contributed by atoms with van der Waals surface area (Å²) in [4.78, 5) is 1.99. The Bertz CT molecular complexity index is 133. The van der Waals surface area contributed by atoms with Crippen LogP contribution in [0.5, 0.6) is 0 Å². The first-order valence-corrected chi connectivity index (χ1v) is 3.86. The molecule has 1 saturated heterocycles. The Morgan fingerprint density at radius 2 is 2.50 bits per heavy atom. The number of likely N-dealkylation sites (tertiary alicyclic amines) is 1. The van der Waals surface area contributed by atoms with Gasteiger partial charge >= 0.3 is 0 Å². The van der Waals surface area contributed by atoms with Crippen LogP contribution < -0.4 is 5.73 Å². The zero-order valence-corrected chi connectivity index (χ0v) is 6.43. The molecule has 3 nitrogen and oxygen atoms in total. The van der Waals surface area contributed by atoms with Gasteiger partial charge < -0.3 is 10.6 Å². The average molecular weight is 141 g/mol. The molecule has 0 unspecified atom stereocenters. The van der Waals surface area contributed by atoms with Crippen LogP contribution in [0.1, 0.15) is 26.2 Å². The van der Waals surface area contributed by atoms with E-state index in [0.29, 0.717) is 6.04 Å². The van der Waals surface area contributed by atoms with Crippen LogP contribution in [0, 0.1) is 5.41 Å². The van der Waals surface area contributed by atoms with Gasteiger partial charge in [0.1, 0.15) is 0 Å². The first kappa shape index (κ1) is 7.38. The molecular formula is C7H15N3. The van der Waals surface area contributed by atoms with Crippen molar-refractivity contribution in [3.63, 3.8) is 0 Å². The SMILES string of the molecule is CC[C@H]1CCCN1C(=N)N. The molecule has 3 N–H and O–H groups in total. The summed E-state index contributed by atoms with van der Waals surface area (Å²) >= 11 is 0. The lowest BCUT2D eigenvalue weighted by atomic mass is 10.2. The highest BCUT2D eigenvalue weighted by molar-refractivity contribution is 5.75. The van der Waals surface area contributed by atoms with E-state index in [1.165, 1.54) is 12.8 Å². The Balaban J connectivity index is 2.50. The van der Waals surface area contributed by atoms with Gasteiger partial charge in [-0.15, -0.1) is 0 Å². The molecule has 1 rings (SSSR count). The molecule has 0 radical (unpaired) electrons. The van der Waals surface area contributed by atoms with Crippen LogP contribution in [0.15, 0.2) is 0 Å². The summed E-state index contributed by atoms with van der Waals surface area (Å²) in [5.74, 6) is 0.240. The molecule has 1 fully saturated rings. The normalized spacial score (nSPS) is 25.3. The van der Waals surface area contributed by atoms with Crippen LogP contribution in [0.3, 0.4) is 0 Å². The van der Waals surface area contributed by atoms with Crippen LogP contribution in [-0.2, 0) is 0 Å².